The van der Waals surface area contributed by atoms with Crippen LogP contribution in [0.5, 0.6) is 0 Å². The molecule has 2 N–H and O–H groups in total. The molecule has 1 saturated heterocycles. The Morgan fingerprint density at radius 3 is 2.48 bits per heavy atom. The molecule has 10 heteroatoms. The summed E-state index contributed by atoms with van der Waals surface area (Å²) < 4.78 is 32.1. The molecule has 0 saturated carbocycles. The maximum absolute atomic E-state index is 12.8. The van der Waals surface area contributed by atoms with Crippen LogP contribution >= 0.6 is 11.3 Å². The maximum Gasteiger partial charge on any atom is 0.279 e. The Kier molecular flexibility index (Phi) is 7.82. The molecule has 1 aromatic heterocycles. The number of morpholine rings is 1. The molecule has 0 aliphatic carbocycles. The van der Waals surface area contributed by atoms with Gasteiger partial charge in [0.2, 0.25) is 10.0 Å². The van der Waals surface area contributed by atoms with Crippen LogP contribution in [0.1, 0.15) is 50.7 Å². The second kappa shape index (κ2) is 10.4. The molecule has 0 spiro atoms. The molecule has 8 nitrogen and oxygen atoms in total. The highest BCUT2D eigenvalue weighted by Crippen LogP contribution is 2.24. The van der Waals surface area contributed by atoms with Crippen molar-refractivity contribution in [3.05, 3.63) is 51.2 Å². The number of aryl methyl sites for hydroxylation is 2. The molecule has 2 aromatic rings. The van der Waals surface area contributed by atoms with Crippen LogP contribution in [0.15, 0.2) is 35.2 Å². The van der Waals surface area contributed by atoms with E-state index in [4.69, 9.17) is 4.74 Å². The van der Waals surface area contributed by atoms with Crippen LogP contribution in [-0.4, -0.2) is 50.8 Å². The summed E-state index contributed by atoms with van der Waals surface area (Å²) in [5.74, 6) is -0.985. The van der Waals surface area contributed by atoms with Gasteiger partial charge in [-0.2, -0.15) is 4.31 Å². The molecular weight excluding hydrogens is 438 g/mol. The molecule has 1 aromatic carbocycles. The van der Waals surface area contributed by atoms with Gasteiger partial charge in [-0.3, -0.25) is 20.4 Å². The van der Waals surface area contributed by atoms with E-state index >= 15 is 0 Å². The second-order valence-electron chi connectivity index (χ2n) is 7.12. The molecule has 0 radical (unpaired) electrons. The molecule has 1 fully saturated rings. The number of benzene rings is 1. The van der Waals surface area contributed by atoms with Gasteiger partial charge in [-0.25, -0.2) is 8.42 Å². The topological polar surface area (TPSA) is 105 Å². The molecule has 31 heavy (non-hydrogen) atoms. The first-order valence-corrected chi connectivity index (χ1v) is 12.5. The Hall–Kier alpha value is -2.27. The lowest BCUT2D eigenvalue weighted by atomic mass is 10.1. The third kappa shape index (κ3) is 5.51. The predicted octanol–water partition coefficient (Wildman–Crippen LogP) is 2.36. The molecular formula is C21H27N3O5S2. The number of hydrogen-bond donors (Lipinski definition) is 2. The maximum atomic E-state index is 12.8. The van der Waals surface area contributed by atoms with Crippen molar-refractivity contribution < 1.29 is 22.7 Å². The van der Waals surface area contributed by atoms with Crippen molar-refractivity contribution in [1.29, 1.82) is 0 Å². The van der Waals surface area contributed by atoms with Crippen molar-refractivity contribution in [1.82, 2.24) is 15.2 Å². The summed E-state index contributed by atoms with van der Waals surface area (Å²) in [5, 5.41) is 0. The third-order valence-electron chi connectivity index (χ3n) is 4.97. The minimum absolute atomic E-state index is 0.0310. The smallest absolute Gasteiger partial charge is 0.279 e. The number of carbonyl (C=O) groups excluding carboxylic acids is 2. The van der Waals surface area contributed by atoms with Crippen LogP contribution in [0.4, 0.5) is 0 Å². The zero-order valence-corrected chi connectivity index (χ0v) is 19.3. The van der Waals surface area contributed by atoms with Gasteiger partial charge >= 0.3 is 0 Å². The van der Waals surface area contributed by atoms with Crippen LogP contribution < -0.4 is 10.9 Å². The van der Waals surface area contributed by atoms with Crippen LogP contribution in [0.3, 0.4) is 0 Å². The number of nitrogens with one attached hydrogen (secondary N) is 2. The molecule has 1 aliphatic rings. The van der Waals surface area contributed by atoms with Gasteiger partial charge < -0.3 is 4.74 Å². The van der Waals surface area contributed by atoms with Gasteiger partial charge in [-0.1, -0.05) is 26.3 Å². The monoisotopic (exact) mass is 465 g/mol. The molecule has 1 aliphatic heterocycles. The van der Waals surface area contributed by atoms with E-state index < -0.39 is 21.8 Å². The Morgan fingerprint density at radius 1 is 1.10 bits per heavy atom. The number of ether oxygens (including phenoxy) is 1. The second-order valence-corrected chi connectivity index (χ2v) is 10.2. The highest BCUT2D eigenvalue weighted by Gasteiger charge is 2.27. The fraction of sp³-hybridized carbons (Fsp3) is 0.429. The third-order valence-corrected chi connectivity index (χ3v) is 8.10. The fourth-order valence-corrected chi connectivity index (χ4v) is 6.00. The van der Waals surface area contributed by atoms with Crippen molar-refractivity contribution in [3.63, 3.8) is 0 Å². The summed E-state index contributed by atoms with van der Waals surface area (Å²) in [6, 6.07) is 7.62. The van der Waals surface area contributed by atoms with E-state index in [1.54, 1.807) is 0 Å². The summed E-state index contributed by atoms with van der Waals surface area (Å²) in [6.45, 7) is 5.36. The van der Waals surface area contributed by atoms with Crippen LogP contribution in [0.25, 0.3) is 0 Å². The Morgan fingerprint density at radius 2 is 1.81 bits per heavy atom. The molecule has 0 atom stereocenters. The molecule has 0 bridgehead atoms. The van der Waals surface area contributed by atoms with Crippen LogP contribution in [-0.2, 0) is 27.6 Å². The van der Waals surface area contributed by atoms with Gasteiger partial charge in [0.15, 0.2) is 0 Å². The average Bonchev–Trinajstić information content (AvgIpc) is 3.21. The summed E-state index contributed by atoms with van der Waals surface area (Å²) in [4.78, 5) is 26.7. The average molecular weight is 466 g/mol. The van der Waals surface area contributed by atoms with E-state index in [2.05, 4.69) is 17.8 Å². The highest BCUT2D eigenvalue weighted by atomic mass is 32.2. The summed E-state index contributed by atoms with van der Waals surface area (Å²) >= 11 is 1.43. The Bertz CT molecular complexity index is 1040. The fourth-order valence-electron chi connectivity index (χ4n) is 3.30. The number of rotatable bonds is 7. The van der Waals surface area contributed by atoms with Crippen LogP contribution in [0, 0.1) is 0 Å². The Labute approximate surface area is 186 Å². The first kappa shape index (κ1) is 23.4. The lowest BCUT2D eigenvalue weighted by molar-refractivity contribution is 0.0730. The lowest BCUT2D eigenvalue weighted by Crippen LogP contribution is -2.42. The zero-order chi connectivity index (χ0) is 22.4. The minimum atomic E-state index is -3.72. The summed E-state index contributed by atoms with van der Waals surface area (Å²) in [5.41, 5.74) is 6.08. The molecule has 3 rings (SSSR count). The quantitative estimate of drug-likeness (QED) is 0.611. The molecule has 0 unspecified atom stereocenters. The predicted molar refractivity (Wildman–Crippen MR) is 119 cm³/mol. The first-order chi connectivity index (χ1) is 14.9. The van der Waals surface area contributed by atoms with E-state index in [0.717, 1.165) is 24.8 Å². The summed E-state index contributed by atoms with van der Waals surface area (Å²) in [7, 11) is -3.72. The van der Waals surface area contributed by atoms with E-state index in [0.29, 0.717) is 18.1 Å². The van der Waals surface area contributed by atoms with Crippen molar-refractivity contribution in [2.24, 2.45) is 0 Å². The number of hydrogen-bond acceptors (Lipinski definition) is 6. The minimum Gasteiger partial charge on any atom is -0.379 e. The number of sulfonamides is 1. The number of nitrogens with zero attached hydrogens (tertiary/aromatic N) is 1. The van der Waals surface area contributed by atoms with Gasteiger partial charge in [-0.05, 0) is 42.7 Å². The van der Waals surface area contributed by atoms with Gasteiger partial charge in [0.1, 0.15) is 0 Å². The lowest BCUT2D eigenvalue weighted by Gasteiger charge is -2.26. The van der Waals surface area contributed by atoms with Crippen LogP contribution in [0.2, 0.25) is 0 Å². The van der Waals surface area contributed by atoms with E-state index in [1.165, 1.54) is 44.8 Å². The molecule has 2 heterocycles. The van der Waals surface area contributed by atoms with Crippen molar-refractivity contribution in [3.8, 4) is 0 Å². The molecule has 2 amide bonds. The first-order valence-electron chi connectivity index (χ1n) is 10.3. The zero-order valence-electron chi connectivity index (χ0n) is 17.6. The van der Waals surface area contributed by atoms with Gasteiger partial charge in [0.25, 0.3) is 11.8 Å². The Balaban J connectivity index is 1.67. The van der Waals surface area contributed by atoms with Crippen molar-refractivity contribution in [2.45, 2.75) is 38.0 Å². The van der Waals surface area contributed by atoms with E-state index in [-0.39, 0.29) is 23.5 Å². The number of hydrazine groups is 1. The standard InChI is InChI=1S/C21H27N3O5S2/c1-3-6-18-15(4-2)14-19(30-18)21(26)23-22-20(25)16-7-5-8-17(13-16)31(27,28)24-9-11-29-12-10-24/h5,7-8,13-14H,3-4,6,9-12H2,1-2H3,(H,22,25)(H,23,26). The summed E-state index contributed by atoms with van der Waals surface area (Å²) in [6.07, 6.45) is 2.75. The number of carbonyl (C=O) groups is 2. The molecule has 168 valence electrons. The largest absolute Gasteiger partial charge is 0.379 e. The van der Waals surface area contributed by atoms with Gasteiger partial charge in [0.05, 0.1) is 23.0 Å². The van der Waals surface area contributed by atoms with Crippen molar-refractivity contribution in [2.75, 3.05) is 26.3 Å². The van der Waals surface area contributed by atoms with E-state index in [9.17, 15) is 18.0 Å². The van der Waals surface area contributed by atoms with Crippen molar-refractivity contribution >= 4 is 33.2 Å². The normalized spacial score (nSPS) is 14.9. The van der Waals surface area contributed by atoms with Gasteiger partial charge in [-0.15, -0.1) is 11.3 Å². The SMILES string of the molecule is CCCc1sc(C(=O)NNC(=O)c2cccc(S(=O)(=O)N3CCOCC3)c2)cc1CC. The van der Waals surface area contributed by atoms with E-state index in [1.807, 2.05) is 13.0 Å². The number of thiophene rings is 1. The van der Waals surface area contributed by atoms with Gasteiger partial charge in [0, 0.05) is 23.5 Å². The number of amides is 2. The highest BCUT2D eigenvalue weighted by molar-refractivity contribution is 7.89.